The Kier molecular flexibility index (Phi) is 2.97. The van der Waals surface area contributed by atoms with E-state index in [1.807, 2.05) is 6.07 Å². The van der Waals surface area contributed by atoms with Gasteiger partial charge in [-0.25, -0.2) is 14.4 Å². The van der Waals surface area contributed by atoms with E-state index in [2.05, 4.69) is 9.97 Å². The van der Waals surface area contributed by atoms with Gasteiger partial charge in [-0.3, -0.25) is 0 Å². The van der Waals surface area contributed by atoms with E-state index in [-0.39, 0.29) is 17.2 Å². The number of aromatic nitrogens is 2. The van der Waals surface area contributed by atoms with Crippen molar-refractivity contribution < 1.29 is 4.39 Å². The van der Waals surface area contributed by atoms with Gasteiger partial charge in [0.25, 0.3) is 0 Å². The fourth-order valence-electron chi connectivity index (χ4n) is 1.43. The molecule has 0 radical (unpaired) electrons. The number of hydrogen-bond donors (Lipinski definition) is 1. The number of halogens is 1. The molecule has 1 aromatic heterocycles. The highest BCUT2D eigenvalue weighted by Crippen LogP contribution is 2.10. The van der Waals surface area contributed by atoms with Crippen LogP contribution in [-0.4, -0.2) is 9.97 Å². The van der Waals surface area contributed by atoms with Gasteiger partial charge < -0.3 is 5.73 Å². The Balaban J connectivity index is 2.25. The molecular weight excluding hydrogens is 219 g/mol. The average Bonchev–Trinajstić information content (AvgIpc) is 2.29. The Labute approximate surface area is 97.6 Å². The van der Waals surface area contributed by atoms with Gasteiger partial charge in [-0.1, -0.05) is 12.1 Å². The van der Waals surface area contributed by atoms with Crippen molar-refractivity contribution in [3.63, 3.8) is 0 Å². The van der Waals surface area contributed by atoms with E-state index in [1.54, 1.807) is 12.1 Å². The molecule has 0 aliphatic rings. The van der Waals surface area contributed by atoms with Crippen LogP contribution in [0.1, 0.15) is 17.0 Å². The Bertz CT molecular complexity index is 589. The standard InChI is InChI=1S/C12H9FN4/c13-10-3-1-2-8(4-10)5-11-16-7-9(6-14)12(15)17-11/h1-4,7H,5H2,(H2,15,16,17). The van der Waals surface area contributed by atoms with E-state index in [9.17, 15) is 4.39 Å². The van der Waals surface area contributed by atoms with Gasteiger partial charge >= 0.3 is 0 Å². The second-order valence-corrected chi connectivity index (χ2v) is 3.50. The van der Waals surface area contributed by atoms with Crippen LogP contribution in [0.5, 0.6) is 0 Å². The van der Waals surface area contributed by atoms with Crippen LogP contribution in [0, 0.1) is 17.1 Å². The maximum atomic E-state index is 13.0. The first-order valence-electron chi connectivity index (χ1n) is 4.95. The van der Waals surface area contributed by atoms with Crippen LogP contribution in [0.3, 0.4) is 0 Å². The molecule has 0 aliphatic carbocycles. The number of nitrogens with two attached hydrogens (primary N) is 1. The molecule has 0 bridgehead atoms. The molecule has 84 valence electrons. The largest absolute Gasteiger partial charge is 0.382 e. The zero-order valence-electron chi connectivity index (χ0n) is 8.89. The summed E-state index contributed by atoms with van der Waals surface area (Å²) in [6.45, 7) is 0. The van der Waals surface area contributed by atoms with E-state index in [0.717, 1.165) is 5.56 Å². The Hall–Kier alpha value is -2.48. The van der Waals surface area contributed by atoms with E-state index in [1.165, 1.54) is 18.3 Å². The van der Waals surface area contributed by atoms with E-state index in [4.69, 9.17) is 11.0 Å². The summed E-state index contributed by atoms with van der Waals surface area (Å²) in [5.41, 5.74) is 6.57. The summed E-state index contributed by atoms with van der Waals surface area (Å²) in [4.78, 5) is 7.99. The van der Waals surface area contributed by atoms with Gasteiger partial charge in [0.15, 0.2) is 0 Å². The lowest BCUT2D eigenvalue weighted by Gasteiger charge is -2.02. The first kappa shape index (κ1) is 11.0. The molecule has 1 aromatic carbocycles. The minimum Gasteiger partial charge on any atom is -0.382 e. The third-order valence-electron chi connectivity index (χ3n) is 2.24. The summed E-state index contributed by atoms with van der Waals surface area (Å²) in [5, 5.41) is 8.68. The quantitative estimate of drug-likeness (QED) is 0.848. The zero-order chi connectivity index (χ0) is 12.3. The summed E-state index contributed by atoms with van der Waals surface area (Å²) >= 11 is 0. The molecular formula is C12H9FN4. The Morgan fingerprint density at radius 1 is 1.41 bits per heavy atom. The van der Waals surface area contributed by atoms with Crippen molar-refractivity contribution >= 4 is 5.82 Å². The van der Waals surface area contributed by atoms with Crippen molar-refractivity contribution in [2.75, 3.05) is 5.73 Å². The van der Waals surface area contributed by atoms with Gasteiger partial charge in [0, 0.05) is 6.42 Å². The monoisotopic (exact) mass is 228 g/mol. The normalized spacial score (nSPS) is 9.88. The molecule has 2 aromatic rings. The Morgan fingerprint density at radius 2 is 2.24 bits per heavy atom. The lowest BCUT2D eigenvalue weighted by atomic mass is 10.1. The van der Waals surface area contributed by atoms with Crippen LogP contribution >= 0.6 is 0 Å². The molecule has 2 rings (SSSR count). The predicted octanol–water partition coefficient (Wildman–Crippen LogP) is 1.66. The highest BCUT2D eigenvalue weighted by atomic mass is 19.1. The summed E-state index contributed by atoms with van der Waals surface area (Å²) < 4.78 is 13.0. The van der Waals surface area contributed by atoms with Crippen LogP contribution in [0.15, 0.2) is 30.5 Å². The van der Waals surface area contributed by atoms with E-state index in [0.29, 0.717) is 12.2 Å². The highest BCUT2D eigenvalue weighted by Gasteiger charge is 2.04. The number of rotatable bonds is 2. The van der Waals surface area contributed by atoms with Crippen molar-refractivity contribution in [1.29, 1.82) is 5.26 Å². The summed E-state index contributed by atoms with van der Waals surface area (Å²) in [7, 11) is 0. The highest BCUT2D eigenvalue weighted by molar-refractivity contribution is 5.46. The van der Waals surface area contributed by atoms with Crippen LogP contribution in [0.4, 0.5) is 10.2 Å². The topological polar surface area (TPSA) is 75.6 Å². The molecule has 2 N–H and O–H groups in total. The molecule has 0 fully saturated rings. The molecule has 17 heavy (non-hydrogen) atoms. The summed E-state index contributed by atoms with van der Waals surface area (Å²) in [6.07, 6.45) is 1.75. The summed E-state index contributed by atoms with van der Waals surface area (Å²) in [6, 6.07) is 8.07. The van der Waals surface area contributed by atoms with Crippen LogP contribution in [-0.2, 0) is 6.42 Å². The molecule has 5 heteroatoms. The first-order chi connectivity index (χ1) is 8.19. The molecule has 0 saturated heterocycles. The van der Waals surface area contributed by atoms with Crippen LogP contribution < -0.4 is 5.73 Å². The predicted molar refractivity (Wildman–Crippen MR) is 60.4 cm³/mol. The molecule has 0 spiro atoms. The number of nitriles is 1. The molecule has 0 aliphatic heterocycles. The Morgan fingerprint density at radius 3 is 2.88 bits per heavy atom. The fraction of sp³-hybridized carbons (Fsp3) is 0.0833. The van der Waals surface area contributed by atoms with Gasteiger partial charge in [0.1, 0.15) is 29.1 Å². The van der Waals surface area contributed by atoms with Crippen LogP contribution in [0.2, 0.25) is 0 Å². The maximum absolute atomic E-state index is 13.0. The molecule has 0 unspecified atom stereocenters. The molecule has 1 heterocycles. The van der Waals surface area contributed by atoms with Gasteiger partial charge in [0.05, 0.1) is 6.20 Å². The molecule has 4 nitrogen and oxygen atoms in total. The summed E-state index contributed by atoms with van der Waals surface area (Å²) in [5.74, 6) is 0.310. The van der Waals surface area contributed by atoms with Crippen molar-refractivity contribution in [2.24, 2.45) is 0 Å². The van der Waals surface area contributed by atoms with Gasteiger partial charge in [-0.05, 0) is 17.7 Å². The van der Waals surface area contributed by atoms with Crippen molar-refractivity contribution in [3.8, 4) is 6.07 Å². The van der Waals surface area contributed by atoms with E-state index < -0.39 is 0 Å². The van der Waals surface area contributed by atoms with Crippen molar-refractivity contribution in [2.45, 2.75) is 6.42 Å². The lowest BCUT2D eigenvalue weighted by Crippen LogP contribution is -2.02. The number of nitrogens with zero attached hydrogens (tertiary/aromatic N) is 3. The average molecular weight is 228 g/mol. The van der Waals surface area contributed by atoms with Crippen molar-refractivity contribution in [1.82, 2.24) is 9.97 Å². The number of benzene rings is 1. The fourth-order valence-corrected chi connectivity index (χ4v) is 1.43. The number of nitrogen functional groups attached to an aromatic ring is 1. The smallest absolute Gasteiger partial charge is 0.145 e. The molecule has 0 saturated carbocycles. The number of hydrogen-bond acceptors (Lipinski definition) is 4. The van der Waals surface area contributed by atoms with Gasteiger partial charge in [-0.2, -0.15) is 5.26 Å². The number of anilines is 1. The SMILES string of the molecule is N#Cc1cnc(Cc2cccc(F)c2)nc1N. The third-order valence-corrected chi connectivity index (χ3v) is 2.24. The second-order valence-electron chi connectivity index (χ2n) is 3.50. The van der Waals surface area contributed by atoms with Gasteiger partial charge in [0.2, 0.25) is 0 Å². The van der Waals surface area contributed by atoms with Crippen LogP contribution in [0.25, 0.3) is 0 Å². The minimum atomic E-state index is -0.302. The molecule has 0 amide bonds. The second kappa shape index (κ2) is 4.58. The zero-order valence-corrected chi connectivity index (χ0v) is 8.89. The van der Waals surface area contributed by atoms with Crippen molar-refractivity contribution in [3.05, 3.63) is 53.2 Å². The minimum absolute atomic E-state index is 0.147. The third kappa shape index (κ3) is 2.55. The van der Waals surface area contributed by atoms with Gasteiger partial charge in [-0.15, -0.1) is 0 Å². The lowest BCUT2D eigenvalue weighted by molar-refractivity contribution is 0.626. The first-order valence-corrected chi connectivity index (χ1v) is 4.95. The molecule has 0 atom stereocenters. The van der Waals surface area contributed by atoms with E-state index >= 15 is 0 Å². The maximum Gasteiger partial charge on any atom is 0.145 e.